The topological polar surface area (TPSA) is 46.8 Å². The Hall–Kier alpha value is -2.37. The first-order valence-corrected chi connectivity index (χ1v) is 9.18. The lowest BCUT2D eigenvalue weighted by molar-refractivity contribution is 0.275. The molecule has 3 aromatic rings. The van der Waals surface area contributed by atoms with Crippen molar-refractivity contribution in [3.8, 4) is 17.0 Å². The highest BCUT2D eigenvalue weighted by atomic mass is 32.1. The highest BCUT2D eigenvalue weighted by molar-refractivity contribution is 7.09. The summed E-state index contributed by atoms with van der Waals surface area (Å²) in [5, 5.41) is 9.53. The fraction of sp³-hybridized carbons (Fsp3) is 0.250. The van der Waals surface area contributed by atoms with Gasteiger partial charge in [0.15, 0.2) is 4.80 Å². The second kappa shape index (κ2) is 8.14. The third-order valence-electron chi connectivity index (χ3n) is 3.82. The number of thiazole rings is 1. The summed E-state index contributed by atoms with van der Waals surface area (Å²) in [6.07, 6.45) is 0. The Kier molecular flexibility index (Phi) is 5.68. The van der Waals surface area contributed by atoms with E-state index in [0.29, 0.717) is 13.2 Å². The summed E-state index contributed by atoms with van der Waals surface area (Å²) in [6.45, 7) is 5.31. The number of hydrogen-bond donors (Lipinski definition) is 1. The van der Waals surface area contributed by atoms with Crippen molar-refractivity contribution in [2.75, 3.05) is 13.2 Å². The van der Waals surface area contributed by atoms with Gasteiger partial charge >= 0.3 is 0 Å². The Balaban J connectivity index is 2.09. The van der Waals surface area contributed by atoms with Gasteiger partial charge in [-0.2, -0.15) is 0 Å². The molecule has 25 heavy (non-hydrogen) atoms. The summed E-state index contributed by atoms with van der Waals surface area (Å²) < 4.78 is 7.61. The number of hydrogen-bond acceptors (Lipinski definition) is 4. The van der Waals surface area contributed by atoms with Crippen LogP contribution in [0, 0.1) is 6.92 Å². The number of para-hydroxylation sites is 1. The number of ether oxygens (including phenoxy) is 1. The van der Waals surface area contributed by atoms with Crippen LogP contribution in [0.5, 0.6) is 5.75 Å². The molecule has 1 aromatic heterocycles. The van der Waals surface area contributed by atoms with Gasteiger partial charge in [-0.15, -0.1) is 11.3 Å². The number of aliphatic hydroxyl groups excluding tert-OH is 1. The molecule has 0 amide bonds. The van der Waals surface area contributed by atoms with Gasteiger partial charge < -0.3 is 14.4 Å². The molecule has 0 atom stereocenters. The number of rotatable bonds is 6. The molecule has 0 aliphatic rings. The summed E-state index contributed by atoms with van der Waals surface area (Å²) >= 11 is 1.64. The van der Waals surface area contributed by atoms with E-state index in [1.807, 2.05) is 49.4 Å². The van der Waals surface area contributed by atoms with Gasteiger partial charge in [-0.1, -0.05) is 18.2 Å². The minimum atomic E-state index is 0.0716. The molecule has 0 bridgehead atoms. The lowest BCUT2D eigenvalue weighted by Crippen LogP contribution is -2.18. The Labute approximate surface area is 151 Å². The molecule has 0 spiro atoms. The first kappa shape index (κ1) is 17.5. The molecule has 0 aliphatic carbocycles. The van der Waals surface area contributed by atoms with E-state index >= 15 is 0 Å². The summed E-state index contributed by atoms with van der Waals surface area (Å²) in [5.74, 6) is 0.863. The van der Waals surface area contributed by atoms with Gasteiger partial charge in [0.25, 0.3) is 0 Å². The van der Waals surface area contributed by atoms with Crippen molar-refractivity contribution in [2.24, 2.45) is 4.99 Å². The Morgan fingerprint density at radius 3 is 2.44 bits per heavy atom. The van der Waals surface area contributed by atoms with E-state index in [-0.39, 0.29) is 6.61 Å². The smallest absolute Gasteiger partial charge is 0.190 e. The third kappa shape index (κ3) is 4.00. The van der Waals surface area contributed by atoms with Gasteiger partial charge in [-0.3, -0.25) is 0 Å². The van der Waals surface area contributed by atoms with Crippen molar-refractivity contribution < 1.29 is 9.84 Å². The average molecular weight is 354 g/mol. The molecule has 130 valence electrons. The van der Waals surface area contributed by atoms with Gasteiger partial charge in [0.1, 0.15) is 5.75 Å². The van der Waals surface area contributed by atoms with Gasteiger partial charge in [-0.25, -0.2) is 4.99 Å². The zero-order valence-electron chi connectivity index (χ0n) is 14.5. The zero-order chi connectivity index (χ0) is 17.6. The van der Waals surface area contributed by atoms with Crippen LogP contribution in [-0.4, -0.2) is 22.9 Å². The van der Waals surface area contributed by atoms with Crippen molar-refractivity contribution in [1.29, 1.82) is 0 Å². The predicted molar refractivity (Wildman–Crippen MR) is 102 cm³/mol. The molecule has 0 radical (unpaired) electrons. The van der Waals surface area contributed by atoms with Crippen molar-refractivity contribution in [1.82, 2.24) is 4.57 Å². The number of aryl methyl sites for hydroxylation is 1. The molecule has 1 N–H and O–H groups in total. The van der Waals surface area contributed by atoms with E-state index in [2.05, 4.69) is 23.6 Å². The van der Waals surface area contributed by atoms with Crippen LogP contribution in [0.25, 0.3) is 11.3 Å². The van der Waals surface area contributed by atoms with E-state index in [1.165, 1.54) is 4.88 Å². The van der Waals surface area contributed by atoms with Gasteiger partial charge in [0.05, 0.1) is 24.6 Å². The van der Waals surface area contributed by atoms with Crippen LogP contribution >= 0.6 is 11.3 Å². The SMILES string of the molecule is CCOc1ccc(-c2c(C)sc(=Nc3ccccc3)n2CCO)cc1. The second-order valence-electron chi connectivity index (χ2n) is 5.57. The molecule has 0 fully saturated rings. The lowest BCUT2D eigenvalue weighted by Gasteiger charge is -2.10. The average Bonchev–Trinajstić information content (AvgIpc) is 2.92. The molecule has 0 saturated carbocycles. The van der Waals surface area contributed by atoms with Gasteiger partial charge in [-0.05, 0) is 55.8 Å². The largest absolute Gasteiger partial charge is 0.494 e. The molecule has 0 aliphatic heterocycles. The van der Waals surface area contributed by atoms with Crippen molar-refractivity contribution in [3.05, 3.63) is 64.3 Å². The van der Waals surface area contributed by atoms with Gasteiger partial charge in [0, 0.05) is 11.4 Å². The van der Waals surface area contributed by atoms with E-state index < -0.39 is 0 Å². The monoisotopic (exact) mass is 354 g/mol. The normalized spacial score (nSPS) is 11.7. The summed E-state index contributed by atoms with van der Waals surface area (Å²) in [5.41, 5.74) is 3.10. The Morgan fingerprint density at radius 2 is 1.80 bits per heavy atom. The molecule has 5 heteroatoms. The fourth-order valence-electron chi connectivity index (χ4n) is 2.76. The van der Waals surface area contributed by atoms with Gasteiger partial charge in [0.2, 0.25) is 0 Å². The minimum absolute atomic E-state index is 0.0716. The van der Waals surface area contributed by atoms with E-state index in [0.717, 1.165) is 27.5 Å². The van der Waals surface area contributed by atoms with Crippen LogP contribution in [0.1, 0.15) is 11.8 Å². The van der Waals surface area contributed by atoms with Crippen LogP contribution in [0.3, 0.4) is 0 Å². The quantitative estimate of drug-likeness (QED) is 0.723. The zero-order valence-corrected chi connectivity index (χ0v) is 15.3. The highest BCUT2D eigenvalue weighted by Crippen LogP contribution is 2.27. The number of benzene rings is 2. The van der Waals surface area contributed by atoms with Crippen LogP contribution < -0.4 is 9.54 Å². The van der Waals surface area contributed by atoms with Crippen molar-refractivity contribution in [2.45, 2.75) is 20.4 Å². The van der Waals surface area contributed by atoms with Crippen molar-refractivity contribution in [3.63, 3.8) is 0 Å². The minimum Gasteiger partial charge on any atom is -0.494 e. The molecule has 3 rings (SSSR count). The molecular formula is C20H22N2O2S. The van der Waals surface area contributed by atoms with E-state index in [1.54, 1.807) is 11.3 Å². The number of aliphatic hydroxyl groups is 1. The van der Waals surface area contributed by atoms with E-state index in [4.69, 9.17) is 9.73 Å². The second-order valence-corrected chi connectivity index (χ2v) is 6.75. The standard InChI is InChI=1S/C20H22N2O2S/c1-3-24-18-11-9-16(10-12-18)19-15(2)25-20(22(19)13-14-23)21-17-7-5-4-6-8-17/h4-12,23H,3,13-14H2,1-2H3. The molecular weight excluding hydrogens is 332 g/mol. The maximum Gasteiger partial charge on any atom is 0.190 e. The maximum atomic E-state index is 9.53. The fourth-order valence-corrected chi connectivity index (χ4v) is 3.81. The predicted octanol–water partition coefficient (Wildman–Crippen LogP) is 4.15. The summed E-state index contributed by atoms with van der Waals surface area (Å²) in [7, 11) is 0. The van der Waals surface area contributed by atoms with Crippen molar-refractivity contribution >= 4 is 17.0 Å². The summed E-state index contributed by atoms with van der Waals surface area (Å²) in [4.78, 5) is 6.82. The summed E-state index contributed by atoms with van der Waals surface area (Å²) in [6, 6.07) is 18.0. The molecule has 1 heterocycles. The van der Waals surface area contributed by atoms with Crippen LogP contribution in [0.2, 0.25) is 0 Å². The lowest BCUT2D eigenvalue weighted by atomic mass is 10.1. The first-order valence-electron chi connectivity index (χ1n) is 8.37. The highest BCUT2D eigenvalue weighted by Gasteiger charge is 2.12. The van der Waals surface area contributed by atoms with Crippen LogP contribution in [0.15, 0.2) is 59.6 Å². The number of nitrogens with zero attached hydrogens (tertiary/aromatic N) is 2. The maximum absolute atomic E-state index is 9.53. The molecule has 2 aromatic carbocycles. The Bertz CT molecular complexity index is 880. The molecule has 0 unspecified atom stereocenters. The third-order valence-corrected chi connectivity index (χ3v) is 4.82. The Morgan fingerprint density at radius 1 is 1.08 bits per heavy atom. The van der Waals surface area contributed by atoms with Crippen LogP contribution in [-0.2, 0) is 6.54 Å². The first-order chi connectivity index (χ1) is 12.2. The van der Waals surface area contributed by atoms with Crippen LogP contribution in [0.4, 0.5) is 5.69 Å². The molecule has 0 saturated heterocycles. The number of aromatic nitrogens is 1. The molecule has 4 nitrogen and oxygen atoms in total. The van der Waals surface area contributed by atoms with E-state index in [9.17, 15) is 5.11 Å².